The first-order valence-electron chi connectivity index (χ1n) is 5.16. The quantitative estimate of drug-likeness (QED) is 0.840. The molecule has 1 fully saturated rings. The summed E-state index contributed by atoms with van der Waals surface area (Å²) in [5.74, 6) is 0. The minimum atomic E-state index is 0. The van der Waals surface area contributed by atoms with Crippen LogP contribution in [0.4, 0.5) is 5.69 Å². The smallest absolute Gasteiger partial charge is 0.0457 e. The molecule has 1 aliphatic rings. The van der Waals surface area contributed by atoms with E-state index in [0.29, 0.717) is 0 Å². The van der Waals surface area contributed by atoms with Crippen LogP contribution < -0.4 is 10.2 Å². The summed E-state index contributed by atoms with van der Waals surface area (Å²) in [6.07, 6.45) is 3.90. The maximum Gasteiger partial charge on any atom is 0.0457 e. The number of halogens is 2. The molecule has 0 radical (unpaired) electrons. The van der Waals surface area contributed by atoms with Gasteiger partial charge in [0.15, 0.2) is 0 Å². The van der Waals surface area contributed by atoms with Crippen LogP contribution in [0.15, 0.2) is 12.4 Å². The number of hydrogen-bond donors (Lipinski definition) is 1. The van der Waals surface area contributed by atoms with Crippen molar-refractivity contribution in [3.8, 4) is 0 Å². The van der Waals surface area contributed by atoms with Crippen molar-refractivity contribution in [2.45, 2.75) is 13.8 Å². The first kappa shape index (κ1) is 15.5. The summed E-state index contributed by atoms with van der Waals surface area (Å²) in [6.45, 7) is 8.65. The molecular weight excluding hydrogens is 245 g/mol. The van der Waals surface area contributed by atoms with Crippen molar-refractivity contribution in [2.75, 3.05) is 31.1 Å². The molecule has 92 valence electrons. The van der Waals surface area contributed by atoms with Gasteiger partial charge in [-0.1, -0.05) is 0 Å². The summed E-state index contributed by atoms with van der Waals surface area (Å²) >= 11 is 0. The van der Waals surface area contributed by atoms with Gasteiger partial charge in [-0.15, -0.1) is 24.8 Å². The third-order valence-electron chi connectivity index (χ3n) is 2.72. The third kappa shape index (κ3) is 3.24. The fourth-order valence-electron chi connectivity index (χ4n) is 2.08. The zero-order valence-electron chi connectivity index (χ0n) is 9.69. The molecule has 1 N–H and O–H groups in total. The Hall–Kier alpha value is -0.510. The molecule has 0 unspecified atom stereocenters. The Morgan fingerprint density at radius 3 is 2.06 bits per heavy atom. The van der Waals surface area contributed by atoms with Crippen molar-refractivity contribution in [3.63, 3.8) is 0 Å². The van der Waals surface area contributed by atoms with Crippen molar-refractivity contribution in [1.82, 2.24) is 10.3 Å². The highest BCUT2D eigenvalue weighted by atomic mass is 35.5. The molecule has 0 saturated carbocycles. The molecule has 0 bridgehead atoms. The van der Waals surface area contributed by atoms with Crippen LogP contribution in [0.25, 0.3) is 0 Å². The predicted molar refractivity (Wildman–Crippen MR) is 73.3 cm³/mol. The molecule has 5 heteroatoms. The molecule has 3 nitrogen and oxygen atoms in total. The van der Waals surface area contributed by atoms with Crippen molar-refractivity contribution in [3.05, 3.63) is 23.5 Å². The SMILES string of the molecule is Cc1cncc(C)c1N1CCNCC1.Cl.Cl. The van der Waals surface area contributed by atoms with E-state index >= 15 is 0 Å². The summed E-state index contributed by atoms with van der Waals surface area (Å²) < 4.78 is 0. The molecule has 1 aliphatic heterocycles. The van der Waals surface area contributed by atoms with Gasteiger partial charge in [-0.2, -0.15) is 0 Å². The molecular formula is C11H19Cl2N3. The Balaban J connectivity index is 0.00000112. The summed E-state index contributed by atoms with van der Waals surface area (Å²) in [5.41, 5.74) is 3.94. The number of aromatic nitrogens is 1. The largest absolute Gasteiger partial charge is 0.368 e. The van der Waals surface area contributed by atoms with Crippen molar-refractivity contribution >= 4 is 30.5 Å². The molecule has 1 aromatic rings. The van der Waals surface area contributed by atoms with Gasteiger partial charge in [0.25, 0.3) is 0 Å². The van der Waals surface area contributed by atoms with Gasteiger partial charge in [0, 0.05) is 44.3 Å². The van der Waals surface area contributed by atoms with Crippen molar-refractivity contribution in [2.24, 2.45) is 0 Å². The van der Waals surface area contributed by atoms with Crippen LogP contribution in [0.1, 0.15) is 11.1 Å². The van der Waals surface area contributed by atoms with E-state index in [9.17, 15) is 0 Å². The Morgan fingerprint density at radius 2 is 1.56 bits per heavy atom. The second-order valence-electron chi connectivity index (χ2n) is 3.86. The van der Waals surface area contributed by atoms with Crippen LogP contribution in [0.2, 0.25) is 0 Å². The monoisotopic (exact) mass is 263 g/mol. The molecule has 1 saturated heterocycles. The van der Waals surface area contributed by atoms with E-state index in [0.717, 1.165) is 26.2 Å². The van der Waals surface area contributed by atoms with Crippen LogP contribution in [0.3, 0.4) is 0 Å². The zero-order valence-corrected chi connectivity index (χ0v) is 11.3. The lowest BCUT2D eigenvalue weighted by Crippen LogP contribution is -2.44. The topological polar surface area (TPSA) is 28.2 Å². The lowest BCUT2D eigenvalue weighted by molar-refractivity contribution is 0.587. The Morgan fingerprint density at radius 1 is 1.06 bits per heavy atom. The van der Waals surface area contributed by atoms with E-state index in [-0.39, 0.29) is 24.8 Å². The highest BCUT2D eigenvalue weighted by Gasteiger charge is 2.14. The molecule has 16 heavy (non-hydrogen) atoms. The second-order valence-corrected chi connectivity index (χ2v) is 3.86. The average Bonchev–Trinajstić information content (AvgIpc) is 2.19. The Bertz CT molecular complexity index is 305. The lowest BCUT2D eigenvalue weighted by Gasteiger charge is -2.31. The van der Waals surface area contributed by atoms with Gasteiger partial charge in [-0.05, 0) is 25.0 Å². The summed E-state index contributed by atoms with van der Waals surface area (Å²) in [4.78, 5) is 6.64. The Kier molecular flexibility index (Phi) is 6.72. The molecule has 0 amide bonds. The minimum absolute atomic E-state index is 0. The fourth-order valence-corrected chi connectivity index (χ4v) is 2.08. The number of nitrogens with one attached hydrogen (secondary N) is 1. The van der Waals surface area contributed by atoms with Gasteiger partial charge < -0.3 is 10.2 Å². The summed E-state index contributed by atoms with van der Waals surface area (Å²) in [7, 11) is 0. The number of pyridine rings is 1. The number of anilines is 1. The Labute approximate surface area is 109 Å². The third-order valence-corrected chi connectivity index (χ3v) is 2.72. The fraction of sp³-hybridized carbons (Fsp3) is 0.545. The average molecular weight is 264 g/mol. The molecule has 0 atom stereocenters. The van der Waals surface area contributed by atoms with E-state index in [1.807, 2.05) is 12.4 Å². The van der Waals surface area contributed by atoms with Crippen LogP contribution in [-0.4, -0.2) is 31.2 Å². The zero-order chi connectivity index (χ0) is 9.97. The first-order valence-corrected chi connectivity index (χ1v) is 5.16. The number of hydrogen-bond acceptors (Lipinski definition) is 3. The normalized spacial score (nSPS) is 15.0. The number of nitrogens with zero attached hydrogens (tertiary/aromatic N) is 2. The summed E-state index contributed by atoms with van der Waals surface area (Å²) in [5, 5.41) is 3.37. The second kappa shape index (κ2) is 6.94. The van der Waals surface area contributed by atoms with Crippen LogP contribution in [0, 0.1) is 13.8 Å². The number of piperazine rings is 1. The molecule has 0 aromatic carbocycles. The van der Waals surface area contributed by atoms with E-state index in [4.69, 9.17) is 0 Å². The van der Waals surface area contributed by atoms with Gasteiger partial charge in [0.2, 0.25) is 0 Å². The van der Waals surface area contributed by atoms with Crippen LogP contribution in [0.5, 0.6) is 0 Å². The highest BCUT2D eigenvalue weighted by Crippen LogP contribution is 2.23. The number of aryl methyl sites for hydroxylation is 2. The molecule has 0 spiro atoms. The van der Waals surface area contributed by atoms with Gasteiger partial charge >= 0.3 is 0 Å². The van der Waals surface area contributed by atoms with E-state index in [1.54, 1.807) is 0 Å². The predicted octanol–water partition coefficient (Wildman–Crippen LogP) is 1.95. The van der Waals surface area contributed by atoms with Gasteiger partial charge in [-0.25, -0.2) is 0 Å². The van der Waals surface area contributed by atoms with Crippen molar-refractivity contribution < 1.29 is 0 Å². The standard InChI is InChI=1S/C11H17N3.2ClH/c1-9-7-13-8-10(2)11(9)14-5-3-12-4-6-14;;/h7-8,12H,3-6H2,1-2H3;2*1H. The van der Waals surface area contributed by atoms with Crippen LogP contribution in [-0.2, 0) is 0 Å². The minimum Gasteiger partial charge on any atom is -0.368 e. The van der Waals surface area contributed by atoms with Gasteiger partial charge in [0.05, 0.1) is 0 Å². The lowest BCUT2D eigenvalue weighted by atomic mass is 10.1. The highest BCUT2D eigenvalue weighted by molar-refractivity contribution is 5.85. The van der Waals surface area contributed by atoms with E-state index in [1.165, 1.54) is 16.8 Å². The van der Waals surface area contributed by atoms with Gasteiger partial charge in [-0.3, -0.25) is 4.98 Å². The van der Waals surface area contributed by atoms with E-state index in [2.05, 4.69) is 29.0 Å². The summed E-state index contributed by atoms with van der Waals surface area (Å²) in [6, 6.07) is 0. The number of rotatable bonds is 1. The molecule has 2 rings (SSSR count). The first-order chi connectivity index (χ1) is 6.79. The van der Waals surface area contributed by atoms with Crippen LogP contribution >= 0.6 is 24.8 Å². The van der Waals surface area contributed by atoms with E-state index < -0.39 is 0 Å². The maximum atomic E-state index is 4.20. The molecule has 1 aromatic heterocycles. The molecule has 0 aliphatic carbocycles. The molecule has 2 heterocycles. The maximum absolute atomic E-state index is 4.20. The van der Waals surface area contributed by atoms with Crippen molar-refractivity contribution in [1.29, 1.82) is 0 Å². The van der Waals surface area contributed by atoms with Gasteiger partial charge in [0.1, 0.15) is 0 Å².